The van der Waals surface area contributed by atoms with Gasteiger partial charge in [0.2, 0.25) is 0 Å². The lowest BCUT2D eigenvalue weighted by Crippen LogP contribution is -2.46. The molecule has 2 aliphatic carbocycles. The fraction of sp³-hybridized carbons (Fsp3) is 0.600. The van der Waals surface area contributed by atoms with Gasteiger partial charge in [0.05, 0.1) is 18.8 Å². The Hall–Kier alpha value is -1.58. The number of hydrogen-bond acceptors (Lipinski definition) is 4. The Bertz CT molecular complexity index is 470. The lowest BCUT2D eigenvalue weighted by molar-refractivity contribution is -0.142. The maximum atomic E-state index is 11.8. The molecule has 0 aromatic carbocycles. The van der Waals surface area contributed by atoms with E-state index in [1.165, 1.54) is 6.26 Å². The van der Waals surface area contributed by atoms with Gasteiger partial charge in [-0.05, 0) is 31.3 Å². The smallest absolute Gasteiger partial charge is 0.309 e. The predicted octanol–water partition coefficient (Wildman–Crippen LogP) is 2.11. The number of allylic oxidation sites excluding steroid dienone is 1. The lowest BCUT2D eigenvalue weighted by atomic mass is 9.75. The van der Waals surface area contributed by atoms with Crippen LogP contribution in [0.4, 0.5) is 0 Å². The first-order chi connectivity index (χ1) is 9.08. The monoisotopic (exact) mass is 261 g/mol. The summed E-state index contributed by atoms with van der Waals surface area (Å²) in [6, 6.07) is 0. The molecular formula is C15H19NO3. The first-order valence-electron chi connectivity index (χ1n) is 6.72. The normalized spacial score (nSPS) is 43.3. The van der Waals surface area contributed by atoms with E-state index in [0.29, 0.717) is 12.5 Å². The van der Waals surface area contributed by atoms with Gasteiger partial charge >= 0.3 is 5.97 Å². The Kier molecular flexibility index (Phi) is 2.77. The van der Waals surface area contributed by atoms with Crippen molar-refractivity contribution in [3.05, 3.63) is 25.0 Å². The summed E-state index contributed by atoms with van der Waals surface area (Å²) >= 11 is 0. The zero-order valence-corrected chi connectivity index (χ0v) is 11.2. The quantitative estimate of drug-likeness (QED) is 0.442. The molecule has 1 saturated heterocycles. The van der Waals surface area contributed by atoms with Crippen molar-refractivity contribution in [1.82, 2.24) is 0 Å². The fourth-order valence-electron chi connectivity index (χ4n) is 4.04. The van der Waals surface area contributed by atoms with Crippen LogP contribution in [0.2, 0.25) is 0 Å². The van der Waals surface area contributed by atoms with E-state index in [1.54, 1.807) is 6.21 Å². The summed E-state index contributed by atoms with van der Waals surface area (Å²) in [5.74, 6) is 0.415. The van der Waals surface area contributed by atoms with Crippen molar-refractivity contribution in [2.45, 2.75) is 31.4 Å². The first-order valence-corrected chi connectivity index (χ1v) is 6.72. The molecular weight excluding hydrogens is 242 g/mol. The van der Waals surface area contributed by atoms with Crippen molar-refractivity contribution in [2.75, 3.05) is 6.61 Å². The van der Waals surface area contributed by atoms with Crippen molar-refractivity contribution in [3.63, 3.8) is 0 Å². The van der Waals surface area contributed by atoms with Gasteiger partial charge in [0.25, 0.3) is 0 Å². The molecule has 0 radical (unpaired) electrons. The van der Waals surface area contributed by atoms with Gasteiger partial charge in [-0.25, -0.2) is 0 Å². The van der Waals surface area contributed by atoms with Crippen LogP contribution < -0.4 is 0 Å². The van der Waals surface area contributed by atoms with Gasteiger partial charge in [-0.15, -0.1) is 0 Å². The van der Waals surface area contributed by atoms with Gasteiger partial charge < -0.3 is 9.47 Å². The van der Waals surface area contributed by atoms with Crippen LogP contribution in [0.15, 0.2) is 30.0 Å². The Labute approximate surface area is 113 Å². The number of esters is 1. The molecule has 5 unspecified atom stereocenters. The van der Waals surface area contributed by atoms with E-state index in [9.17, 15) is 4.79 Å². The summed E-state index contributed by atoms with van der Waals surface area (Å²) in [6.07, 6.45) is 5.04. The third kappa shape index (κ3) is 1.66. The molecule has 0 spiro atoms. The maximum Gasteiger partial charge on any atom is 0.309 e. The molecule has 0 aromatic heterocycles. The highest BCUT2D eigenvalue weighted by atomic mass is 16.5. The number of cyclic esters (lactones) is 1. The minimum Gasteiger partial charge on any atom is -0.496 e. The van der Waals surface area contributed by atoms with Gasteiger partial charge in [0.15, 0.2) is 0 Å². The molecule has 0 amide bonds. The Balaban J connectivity index is 1.96. The molecule has 2 saturated carbocycles. The summed E-state index contributed by atoms with van der Waals surface area (Å²) < 4.78 is 10.9. The summed E-state index contributed by atoms with van der Waals surface area (Å²) in [5, 5.41) is 0. The molecule has 4 heteroatoms. The summed E-state index contributed by atoms with van der Waals surface area (Å²) in [7, 11) is 0. The van der Waals surface area contributed by atoms with Crippen LogP contribution >= 0.6 is 0 Å². The Morgan fingerprint density at radius 3 is 3.11 bits per heavy atom. The average molecular weight is 261 g/mol. The molecule has 1 aliphatic heterocycles. The van der Waals surface area contributed by atoms with E-state index in [4.69, 9.17) is 14.5 Å². The largest absolute Gasteiger partial charge is 0.496 e. The first kappa shape index (κ1) is 12.5. The van der Waals surface area contributed by atoms with Gasteiger partial charge in [0.1, 0.15) is 11.6 Å². The van der Waals surface area contributed by atoms with E-state index in [2.05, 4.69) is 13.2 Å². The van der Waals surface area contributed by atoms with Gasteiger partial charge in [-0.2, -0.15) is 0 Å². The summed E-state index contributed by atoms with van der Waals surface area (Å²) in [5.41, 5.74) is 0.568. The molecule has 4 nitrogen and oxygen atoms in total. The molecule has 3 aliphatic rings. The van der Waals surface area contributed by atoms with Crippen LogP contribution in [0.25, 0.3) is 0 Å². The van der Waals surface area contributed by atoms with E-state index in [1.807, 2.05) is 6.92 Å². The van der Waals surface area contributed by atoms with Gasteiger partial charge in [0, 0.05) is 12.1 Å². The van der Waals surface area contributed by atoms with E-state index in [-0.39, 0.29) is 29.4 Å². The molecule has 3 fully saturated rings. The zero-order chi connectivity index (χ0) is 13.6. The van der Waals surface area contributed by atoms with Crippen molar-refractivity contribution < 1.29 is 14.3 Å². The molecule has 5 atom stereocenters. The standard InChI is InChI=1S/C15H19NO3/c1-4-18-12-5-10-6-15(12,16-7-9(2)3)11-8-19-14(17)13(10)11/h4,7,10-13H,1-2,5-6,8H2,3H3. The van der Waals surface area contributed by atoms with Crippen molar-refractivity contribution in [1.29, 1.82) is 0 Å². The number of rotatable bonds is 4. The number of hydrogen-bond donors (Lipinski definition) is 0. The molecule has 102 valence electrons. The van der Waals surface area contributed by atoms with Crippen LogP contribution in [-0.2, 0) is 14.3 Å². The van der Waals surface area contributed by atoms with Crippen molar-refractivity contribution in [3.8, 4) is 0 Å². The Morgan fingerprint density at radius 1 is 1.63 bits per heavy atom. The number of carbonyl (C=O) groups excluding carboxylic acids is 1. The number of aliphatic imine (C=N–C) groups is 1. The minimum atomic E-state index is -0.339. The highest BCUT2D eigenvalue weighted by Gasteiger charge is 2.68. The zero-order valence-electron chi connectivity index (χ0n) is 11.2. The van der Waals surface area contributed by atoms with Gasteiger partial charge in [-0.1, -0.05) is 13.2 Å². The second-order valence-electron chi connectivity index (χ2n) is 5.85. The molecule has 0 aromatic rings. The summed E-state index contributed by atoms with van der Waals surface area (Å²) in [6.45, 7) is 9.88. The van der Waals surface area contributed by atoms with E-state index >= 15 is 0 Å². The van der Waals surface area contributed by atoms with Crippen LogP contribution in [0.1, 0.15) is 19.8 Å². The lowest BCUT2D eigenvalue weighted by Gasteiger charge is -2.36. The van der Waals surface area contributed by atoms with Crippen LogP contribution in [0.5, 0.6) is 0 Å². The van der Waals surface area contributed by atoms with Crippen LogP contribution in [0, 0.1) is 17.8 Å². The number of ether oxygens (including phenoxy) is 2. The fourth-order valence-corrected chi connectivity index (χ4v) is 4.04. The highest BCUT2D eigenvalue weighted by molar-refractivity contribution is 5.79. The summed E-state index contributed by atoms with van der Waals surface area (Å²) in [4.78, 5) is 16.6. The van der Waals surface area contributed by atoms with Crippen molar-refractivity contribution in [2.24, 2.45) is 22.7 Å². The molecule has 2 bridgehead atoms. The van der Waals surface area contributed by atoms with E-state index < -0.39 is 0 Å². The van der Waals surface area contributed by atoms with Crippen LogP contribution in [-0.4, -0.2) is 30.4 Å². The van der Waals surface area contributed by atoms with E-state index in [0.717, 1.165) is 18.4 Å². The molecule has 19 heavy (non-hydrogen) atoms. The third-order valence-electron chi connectivity index (χ3n) is 4.71. The van der Waals surface area contributed by atoms with Gasteiger partial charge in [-0.3, -0.25) is 9.79 Å². The molecule has 0 N–H and O–H groups in total. The SMILES string of the molecule is C=COC1CC2CC1(N=CC(=C)C)C1COC(=O)C21. The van der Waals surface area contributed by atoms with Crippen molar-refractivity contribution >= 4 is 12.2 Å². The number of nitrogens with zero attached hydrogens (tertiary/aromatic N) is 1. The number of fused-ring (bicyclic) bond motifs is 5. The topological polar surface area (TPSA) is 47.9 Å². The number of carbonyl (C=O) groups is 1. The van der Waals surface area contributed by atoms with Crippen LogP contribution in [0.3, 0.4) is 0 Å². The third-order valence-corrected chi connectivity index (χ3v) is 4.71. The maximum absolute atomic E-state index is 11.8. The molecule has 3 rings (SSSR count). The second kappa shape index (κ2) is 4.22. The minimum absolute atomic E-state index is 0.00125. The average Bonchev–Trinajstić information content (AvgIpc) is 2.98. The Morgan fingerprint density at radius 2 is 2.42 bits per heavy atom. The predicted molar refractivity (Wildman–Crippen MR) is 71.8 cm³/mol. The molecule has 1 heterocycles. The highest BCUT2D eigenvalue weighted by Crippen LogP contribution is 2.60. The second-order valence-corrected chi connectivity index (χ2v) is 5.85.